The van der Waals surface area contributed by atoms with Gasteiger partial charge in [-0.15, -0.1) is 0 Å². The lowest BCUT2D eigenvalue weighted by Gasteiger charge is -2.12. The fourth-order valence-electron chi connectivity index (χ4n) is 1.45. The van der Waals surface area contributed by atoms with Crippen molar-refractivity contribution >= 4 is 0 Å². The molecule has 2 nitrogen and oxygen atoms in total. The first-order valence-electron chi connectivity index (χ1n) is 6.03. The zero-order chi connectivity index (χ0) is 12.0. The van der Waals surface area contributed by atoms with Crippen LogP contribution >= 0.6 is 0 Å². The highest BCUT2D eigenvalue weighted by molar-refractivity contribution is 5.28. The van der Waals surface area contributed by atoms with Gasteiger partial charge in [0.1, 0.15) is 5.75 Å². The van der Waals surface area contributed by atoms with Crippen LogP contribution in [0, 0.1) is 0 Å². The molecule has 90 valence electrons. The van der Waals surface area contributed by atoms with Gasteiger partial charge >= 0.3 is 0 Å². The van der Waals surface area contributed by atoms with Crippen molar-refractivity contribution in [3.05, 3.63) is 29.8 Å². The Morgan fingerprint density at radius 2 is 1.75 bits per heavy atom. The van der Waals surface area contributed by atoms with E-state index >= 15 is 0 Å². The van der Waals surface area contributed by atoms with E-state index in [1.807, 2.05) is 7.05 Å². The Hall–Kier alpha value is -1.02. The smallest absolute Gasteiger partial charge is 0.119 e. The normalized spacial score (nSPS) is 12.8. The minimum Gasteiger partial charge on any atom is -0.494 e. The number of ether oxygens (including phenoxy) is 1. The maximum Gasteiger partial charge on any atom is 0.119 e. The molecule has 0 aliphatic carbocycles. The van der Waals surface area contributed by atoms with Crippen molar-refractivity contribution in [2.24, 2.45) is 0 Å². The third kappa shape index (κ3) is 4.23. The first-order valence-corrected chi connectivity index (χ1v) is 6.03. The Labute approximate surface area is 99.0 Å². The molecule has 0 heterocycles. The maximum absolute atomic E-state index is 5.67. The first-order chi connectivity index (χ1) is 7.63. The summed E-state index contributed by atoms with van der Waals surface area (Å²) in [5.74, 6) is 1.55. The molecule has 0 aromatic heterocycles. The molecule has 1 rings (SSSR count). The van der Waals surface area contributed by atoms with E-state index in [9.17, 15) is 0 Å². The van der Waals surface area contributed by atoms with Crippen LogP contribution in [0.15, 0.2) is 24.3 Å². The largest absolute Gasteiger partial charge is 0.494 e. The molecule has 1 atom stereocenters. The molecule has 1 N–H and O–H groups in total. The summed E-state index contributed by atoms with van der Waals surface area (Å²) in [5.41, 5.74) is 1.36. The Morgan fingerprint density at radius 1 is 1.12 bits per heavy atom. The lowest BCUT2D eigenvalue weighted by molar-refractivity contribution is 0.293. The lowest BCUT2D eigenvalue weighted by atomic mass is 10.0. The van der Waals surface area contributed by atoms with Crippen molar-refractivity contribution < 1.29 is 4.74 Å². The molecular weight excluding hydrogens is 198 g/mol. The third-order valence-electron chi connectivity index (χ3n) is 2.86. The van der Waals surface area contributed by atoms with E-state index in [4.69, 9.17) is 4.74 Å². The van der Waals surface area contributed by atoms with Crippen LogP contribution in [0.1, 0.15) is 38.7 Å². The van der Waals surface area contributed by atoms with Crippen LogP contribution in [-0.2, 0) is 0 Å². The molecular formula is C14H23NO. The molecule has 0 spiro atoms. The first kappa shape index (κ1) is 13.0. The highest BCUT2D eigenvalue weighted by atomic mass is 16.5. The Bertz CT molecular complexity index is 292. The van der Waals surface area contributed by atoms with Crippen LogP contribution in [-0.4, -0.2) is 19.7 Å². The van der Waals surface area contributed by atoms with Gasteiger partial charge in [-0.2, -0.15) is 0 Å². The van der Waals surface area contributed by atoms with Gasteiger partial charge in [0.15, 0.2) is 0 Å². The van der Waals surface area contributed by atoms with Gasteiger partial charge in [-0.05, 0) is 44.0 Å². The van der Waals surface area contributed by atoms with E-state index in [0.717, 1.165) is 18.8 Å². The second-order valence-corrected chi connectivity index (χ2v) is 4.55. The highest BCUT2D eigenvalue weighted by Crippen LogP contribution is 2.18. The average Bonchev–Trinajstić information content (AvgIpc) is 2.29. The standard InChI is InChI=1S/C14H23NO/c1-11(2)13-5-7-14(8-6-13)16-10-9-12(3)15-4/h5-8,11-12,15H,9-10H2,1-4H3. The SMILES string of the molecule is CNC(C)CCOc1ccc(C(C)C)cc1. The molecule has 0 aliphatic rings. The van der Waals surface area contributed by atoms with Crippen LogP contribution in [0.5, 0.6) is 5.75 Å². The van der Waals surface area contributed by atoms with E-state index < -0.39 is 0 Å². The van der Waals surface area contributed by atoms with Crippen molar-refractivity contribution in [2.75, 3.05) is 13.7 Å². The highest BCUT2D eigenvalue weighted by Gasteiger charge is 2.01. The summed E-state index contributed by atoms with van der Waals surface area (Å²) in [6, 6.07) is 8.90. The van der Waals surface area contributed by atoms with Crippen LogP contribution in [0.2, 0.25) is 0 Å². The number of rotatable bonds is 6. The van der Waals surface area contributed by atoms with Crippen molar-refractivity contribution in [3.8, 4) is 5.75 Å². The Kier molecular flexibility index (Phi) is 5.33. The zero-order valence-corrected chi connectivity index (χ0v) is 10.8. The van der Waals surface area contributed by atoms with Gasteiger partial charge in [-0.3, -0.25) is 0 Å². The summed E-state index contributed by atoms with van der Waals surface area (Å²) < 4.78 is 5.67. The van der Waals surface area contributed by atoms with Crippen LogP contribution in [0.4, 0.5) is 0 Å². The summed E-state index contributed by atoms with van der Waals surface area (Å²) >= 11 is 0. The van der Waals surface area contributed by atoms with E-state index in [2.05, 4.69) is 50.4 Å². The van der Waals surface area contributed by atoms with Gasteiger partial charge in [-0.25, -0.2) is 0 Å². The van der Waals surface area contributed by atoms with Gasteiger partial charge in [0.2, 0.25) is 0 Å². The van der Waals surface area contributed by atoms with E-state index in [1.165, 1.54) is 5.56 Å². The molecule has 0 radical (unpaired) electrons. The maximum atomic E-state index is 5.67. The zero-order valence-electron chi connectivity index (χ0n) is 10.8. The number of hydrogen-bond donors (Lipinski definition) is 1. The van der Waals surface area contributed by atoms with Crippen molar-refractivity contribution in [1.82, 2.24) is 5.32 Å². The predicted octanol–water partition coefficient (Wildman–Crippen LogP) is 3.19. The van der Waals surface area contributed by atoms with E-state index in [0.29, 0.717) is 12.0 Å². The fraction of sp³-hybridized carbons (Fsp3) is 0.571. The summed E-state index contributed by atoms with van der Waals surface area (Å²) in [6.45, 7) is 7.32. The number of nitrogens with one attached hydrogen (secondary N) is 1. The lowest BCUT2D eigenvalue weighted by Crippen LogP contribution is -2.23. The Balaban J connectivity index is 2.38. The molecule has 2 heteroatoms. The second-order valence-electron chi connectivity index (χ2n) is 4.55. The predicted molar refractivity (Wildman–Crippen MR) is 69.2 cm³/mol. The minimum atomic E-state index is 0.509. The summed E-state index contributed by atoms with van der Waals surface area (Å²) in [4.78, 5) is 0. The van der Waals surface area contributed by atoms with Gasteiger partial charge in [-0.1, -0.05) is 26.0 Å². The average molecular weight is 221 g/mol. The molecule has 0 aliphatic heterocycles. The molecule has 0 fully saturated rings. The van der Waals surface area contributed by atoms with Crippen molar-refractivity contribution in [3.63, 3.8) is 0 Å². The monoisotopic (exact) mass is 221 g/mol. The second kappa shape index (κ2) is 6.54. The van der Waals surface area contributed by atoms with Crippen LogP contribution in [0.3, 0.4) is 0 Å². The fourth-order valence-corrected chi connectivity index (χ4v) is 1.45. The molecule has 1 aromatic rings. The minimum absolute atomic E-state index is 0.509. The Morgan fingerprint density at radius 3 is 2.25 bits per heavy atom. The molecule has 0 bridgehead atoms. The van der Waals surface area contributed by atoms with Gasteiger partial charge in [0, 0.05) is 6.04 Å². The summed E-state index contributed by atoms with van der Waals surface area (Å²) in [5, 5.41) is 3.20. The number of hydrogen-bond acceptors (Lipinski definition) is 2. The summed E-state index contributed by atoms with van der Waals surface area (Å²) in [6.07, 6.45) is 1.03. The summed E-state index contributed by atoms with van der Waals surface area (Å²) in [7, 11) is 1.97. The van der Waals surface area contributed by atoms with Crippen LogP contribution in [0.25, 0.3) is 0 Å². The molecule has 16 heavy (non-hydrogen) atoms. The van der Waals surface area contributed by atoms with Gasteiger partial charge in [0.05, 0.1) is 6.61 Å². The van der Waals surface area contributed by atoms with E-state index in [1.54, 1.807) is 0 Å². The van der Waals surface area contributed by atoms with Crippen LogP contribution < -0.4 is 10.1 Å². The molecule has 1 aromatic carbocycles. The van der Waals surface area contributed by atoms with Crippen molar-refractivity contribution in [1.29, 1.82) is 0 Å². The topological polar surface area (TPSA) is 21.3 Å². The molecule has 1 unspecified atom stereocenters. The molecule has 0 saturated carbocycles. The van der Waals surface area contributed by atoms with E-state index in [-0.39, 0.29) is 0 Å². The number of benzene rings is 1. The van der Waals surface area contributed by atoms with Gasteiger partial charge in [0.25, 0.3) is 0 Å². The molecule has 0 amide bonds. The molecule has 0 saturated heterocycles. The quantitative estimate of drug-likeness (QED) is 0.796. The van der Waals surface area contributed by atoms with Gasteiger partial charge < -0.3 is 10.1 Å². The third-order valence-corrected chi connectivity index (χ3v) is 2.86. The van der Waals surface area contributed by atoms with Crippen molar-refractivity contribution in [2.45, 2.75) is 39.2 Å².